The Hall–Kier alpha value is -0.370. The number of carbonyl (C=O) groups excluding carboxylic acids is 1. The summed E-state index contributed by atoms with van der Waals surface area (Å²) in [6.07, 6.45) is 2.48. The molecule has 1 atom stereocenters. The van der Waals surface area contributed by atoms with Crippen LogP contribution >= 0.6 is 0 Å². The number of likely N-dealkylation sites (N-methyl/N-ethyl adjacent to an activating group) is 1. The average Bonchev–Trinajstić information content (AvgIpc) is 1.84. The number of hydrogen-bond acceptors (Lipinski definition) is 2. The van der Waals surface area contributed by atoms with Gasteiger partial charge in [-0.25, -0.2) is 0 Å². The molecule has 0 aromatic carbocycles. The van der Waals surface area contributed by atoms with E-state index in [2.05, 4.69) is 18.7 Å². The first kappa shape index (κ1) is 11.6. The molecule has 12 heavy (non-hydrogen) atoms. The molecule has 0 radical (unpaired) electrons. The largest absolute Gasteiger partial charge is 0.299 e. The molecule has 0 aliphatic rings. The van der Waals surface area contributed by atoms with Crippen molar-refractivity contribution >= 4 is 5.78 Å². The van der Waals surface area contributed by atoms with Crippen molar-refractivity contribution in [2.24, 2.45) is 5.92 Å². The molecule has 72 valence electrons. The Kier molecular flexibility index (Phi) is 5.99. The van der Waals surface area contributed by atoms with Gasteiger partial charge in [0.05, 0.1) is 6.54 Å². The number of ketones is 1. The first-order valence-electron chi connectivity index (χ1n) is 4.74. The number of carbonyl (C=O) groups is 1. The molecule has 0 amide bonds. The molecule has 0 aromatic rings. The molecular weight excluding hydrogens is 150 g/mol. The molecule has 0 heterocycles. The minimum absolute atomic E-state index is 0.251. The Labute approximate surface area is 75.9 Å². The fourth-order valence-corrected chi connectivity index (χ4v) is 1.56. The van der Waals surface area contributed by atoms with E-state index in [0.717, 1.165) is 6.54 Å². The van der Waals surface area contributed by atoms with Gasteiger partial charge in [-0.3, -0.25) is 9.69 Å². The summed E-state index contributed by atoms with van der Waals surface area (Å²) in [5.74, 6) is 0.959. The molecule has 2 heteroatoms. The zero-order valence-corrected chi connectivity index (χ0v) is 8.76. The van der Waals surface area contributed by atoms with Crippen LogP contribution in [0, 0.1) is 5.92 Å². The fourth-order valence-electron chi connectivity index (χ4n) is 1.56. The zero-order chi connectivity index (χ0) is 9.56. The molecule has 0 rings (SSSR count). The van der Waals surface area contributed by atoms with Gasteiger partial charge in [0.1, 0.15) is 5.78 Å². The highest BCUT2D eigenvalue weighted by Gasteiger charge is 2.06. The average molecular weight is 171 g/mol. The fraction of sp³-hybridized carbons (Fsp3) is 0.900. The number of nitrogens with zero attached hydrogens (tertiary/aromatic N) is 1. The minimum Gasteiger partial charge on any atom is -0.299 e. The predicted octanol–water partition coefficient (Wildman–Crippen LogP) is 1.94. The Morgan fingerprint density at radius 2 is 2.08 bits per heavy atom. The van der Waals surface area contributed by atoms with Crippen molar-refractivity contribution in [1.29, 1.82) is 0 Å². The van der Waals surface area contributed by atoms with Gasteiger partial charge in [-0.05, 0) is 26.3 Å². The second-order valence-corrected chi connectivity index (χ2v) is 3.79. The van der Waals surface area contributed by atoms with E-state index < -0.39 is 0 Å². The lowest BCUT2D eigenvalue weighted by molar-refractivity contribution is -0.117. The molecule has 0 N–H and O–H groups in total. The van der Waals surface area contributed by atoms with Crippen LogP contribution in [0.25, 0.3) is 0 Å². The Morgan fingerprint density at radius 3 is 2.50 bits per heavy atom. The maximum absolute atomic E-state index is 10.8. The monoisotopic (exact) mass is 171 g/mol. The van der Waals surface area contributed by atoms with Gasteiger partial charge in [0.2, 0.25) is 0 Å². The van der Waals surface area contributed by atoms with E-state index in [1.165, 1.54) is 12.8 Å². The second-order valence-electron chi connectivity index (χ2n) is 3.79. The normalized spacial score (nSPS) is 13.4. The Morgan fingerprint density at radius 1 is 1.50 bits per heavy atom. The second kappa shape index (κ2) is 6.18. The molecule has 0 bridgehead atoms. The van der Waals surface area contributed by atoms with Crippen molar-refractivity contribution in [1.82, 2.24) is 4.90 Å². The van der Waals surface area contributed by atoms with Gasteiger partial charge in [-0.2, -0.15) is 0 Å². The van der Waals surface area contributed by atoms with Crippen molar-refractivity contribution in [2.75, 3.05) is 20.1 Å². The molecule has 0 aliphatic carbocycles. The standard InChI is InChI=1S/C10H21NO/c1-5-6-9(2)7-11(4)8-10(3)12/h9H,5-8H2,1-4H3. The SMILES string of the molecule is CCCC(C)CN(C)CC(C)=O. The summed E-state index contributed by atoms with van der Waals surface area (Å²) in [7, 11) is 2.01. The summed E-state index contributed by atoms with van der Waals surface area (Å²) < 4.78 is 0. The maximum atomic E-state index is 10.8. The number of hydrogen-bond donors (Lipinski definition) is 0. The maximum Gasteiger partial charge on any atom is 0.143 e. The highest BCUT2D eigenvalue weighted by Crippen LogP contribution is 2.05. The van der Waals surface area contributed by atoms with Crippen molar-refractivity contribution in [2.45, 2.75) is 33.6 Å². The van der Waals surface area contributed by atoms with Gasteiger partial charge in [0, 0.05) is 6.54 Å². The molecule has 2 nitrogen and oxygen atoms in total. The summed E-state index contributed by atoms with van der Waals surface area (Å²) in [5.41, 5.74) is 0. The first-order chi connectivity index (χ1) is 5.56. The summed E-state index contributed by atoms with van der Waals surface area (Å²) in [5, 5.41) is 0. The molecule has 1 unspecified atom stereocenters. The topological polar surface area (TPSA) is 20.3 Å². The van der Waals surface area contributed by atoms with Crippen LogP contribution < -0.4 is 0 Å². The quantitative estimate of drug-likeness (QED) is 0.608. The van der Waals surface area contributed by atoms with Gasteiger partial charge >= 0.3 is 0 Å². The lowest BCUT2D eigenvalue weighted by Crippen LogP contribution is -2.28. The molecule has 0 fully saturated rings. The third kappa shape index (κ3) is 6.35. The molecule has 0 spiro atoms. The summed E-state index contributed by atoms with van der Waals surface area (Å²) in [6.45, 7) is 7.70. The van der Waals surface area contributed by atoms with Gasteiger partial charge in [-0.15, -0.1) is 0 Å². The number of Topliss-reactive ketones (excluding diaryl/α,β-unsaturated/α-hetero) is 1. The molecule has 0 saturated carbocycles. The van der Waals surface area contributed by atoms with Gasteiger partial charge in [0.15, 0.2) is 0 Å². The Bertz CT molecular complexity index is 134. The molecular formula is C10H21NO. The minimum atomic E-state index is 0.251. The van der Waals surface area contributed by atoms with E-state index in [1.54, 1.807) is 6.92 Å². The zero-order valence-electron chi connectivity index (χ0n) is 8.76. The highest BCUT2D eigenvalue weighted by atomic mass is 16.1. The van der Waals surface area contributed by atoms with Crippen LogP contribution in [0.1, 0.15) is 33.6 Å². The van der Waals surface area contributed by atoms with E-state index in [-0.39, 0.29) is 5.78 Å². The van der Waals surface area contributed by atoms with Crippen molar-refractivity contribution in [3.05, 3.63) is 0 Å². The number of rotatable bonds is 6. The third-order valence-electron chi connectivity index (χ3n) is 1.90. The smallest absolute Gasteiger partial charge is 0.143 e. The van der Waals surface area contributed by atoms with Crippen LogP contribution in [-0.4, -0.2) is 30.8 Å². The van der Waals surface area contributed by atoms with Crippen LogP contribution in [0.5, 0.6) is 0 Å². The van der Waals surface area contributed by atoms with Gasteiger partial charge < -0.3 is 0 Å². The van der Waals surface area contributed by atoms with Gasteiger partial charge in [-0.1, -0.05) is 20.3 Å². The lowest BCUT2D eigenvalue weighted by Gasteiger charge is -2.19. The van der Waals surface area contributed by atoms with Crippen LogP contribution in [0.4, 0.5) is 0 Å². The summed E-state index contributed by atoms with van der Waals surface area (Å²) >= 11 is 0. The van der Waals surface area contributed by atoms with E-state index in [1.807, 2.05) is 7.05 Å². The van der Waals surface area contributed by atoms with Crippen LogP contribution in [0.2, 0.25) is 0 Å². The van der Waals surface area contributed by atoms with Crippen molar-refractivity contribution in [3.8, 4) is 0 Å². The third-order valence-corrected chi connectivity index (χ3v) is 1.90. The summed E-state index contributed by atoms with van der Waals surface area (Å²) in [4.78, 5) is 12.9. The Balaban J connectivity index is 3.53. The van der Waals surface area contributed by atoms with E-state index in [4.69, 9.17) is 0 Å². The van der Waals surface area contributed by atoms with E-state index in [9.17, 15) is 4.79 Å². The predicted molar refractivity (Wildman–Crippen MR) is 52.3 cm³/mol. The first-order valence-corrected chi connectivity index (χ1v) is 4.74. The van der Waals surface area contributed by atoms with Crippen LogP contribution in [-0.2, 0) is 4.79 Å². The van der Waals surface area contributed by atoms with E-state index in [0.29, 0.717) is 12.5 Å². The van der Waals surface area contributed by atoms with Crippen molar-refractivity contribution < 1.29 is 4.79 Å². The van der Waals surface area contributed by atoms with E-state index >= 15 is 0 Å². The summed E-state index contributed by atoms with van der Waals surface area (Å²) in [6, 6.07) is 0. The van der Waals surface area contributed by atoms with Gasteiger partial charge in [0.25, 0.3) is 0 Å². The van der Waals surface area contributed by atoms with Crippen LogP contribution in [0.15, 0.2) is 0 Å². The van der Waals surface area contributed by atoms with Crippen LogP contribution in [0.3, 0.4) is 0 Å². The molecule has 0 aromatic heterocycles. The highest BCUT2D eigenvalue weighted by molar-refractivity contribution is 5.77. The molecule has 0 saturated heterocycles. The van der Waals surface area contributed by atoms with Crippen molar-refractivity contribution in [3.63, 3.8) is 0 Å². The molecule has 0 aliphatic heterocycles. The lowest BCUT2D eigenvalue weighted by atomic mass is 10.1.